The maximum absolute atomic E-state index is 15.1. The molecule has 2 fully saturated rings. The third-order valence-corrected chi connectivity index (χ3v) is 8.28. The lowest BCUT2D eigenvalue weighted by Crippen LogP contribution is -2.58. The largest absolute Gasteiger partial charge is 0.507 e. The van der Waals surface area contributed by atoms with E-state index in [1.165, 1.54) is 24.3 Å². The fourth-order valence-electron chi connectivity index (χ4n) is 5.64. The van der Waals surface area contributed by atoms with E-state index in [9.17, 15) is 19.5 Å². The van der Waals surface area contributed by atoms with Gasteiger partial charge in [0.1, 0.15) is 40.3 Å². The highest BCUT2D eigenvalue weighted by atomic mass is 35.5. The van der Waals surface area contributed by atoms with Crippen LogP contribution in [0.5, 0.6) is 11.5 Å². The smallest absolute Gasteiger partial charge is 0.261 e. The summed E-state index contributed by atoms with van der Waals surface area (Å²) in [6.07, 6.45) is 1.23. The highest BCUT2D eigenvalue weighted by Crippen LogP contribution is 2.46. The molecule has 1 aromatic carbocycles. The Kier molecular flexibility index (Phi) is 8.29. The summed E-state index contributed by atoms with van der Waals surface area (Å²) in [6, 6.07) is 3.09. The quantitative estimate of drug-likeness (QED) is 0.502. The number of ether oxygens (including phenoxy) is 1. The van der Waals surface area contributed by atoms with E-state index in [1.54, 1.807) is 19.6 Å². The molecule has 1 N–H and O–H groups in total. The zero-order chi connectivity index (χ0) is 30.3. The molecule has 3 amide bonds. The van der Waals surface area contributed by atoms with Gasteiger partial charge < -0.3 is 34.3 Å². The topological polar surface area (TPSA) is 110 Å². The molecule has 5 rings (SSSR count). The van der Waals surface area contributed by atoms with Crippen molar-refractivity contribution in [1.82, 2.24) is 24.6 Å². The lowest BCUT2D eigenvalue weighted by Gasteiger charge is -2.42. The molecule has 42 heavy (non-hydrogen) atoms. The zero-order valence-electron chi connectivity index (χ0n) is 23.8. The van der Waals surface area contributed by atoms with Crippen LogP contribution < -0.4 is 9.64 Å². The van der Waals surface area contributed by atoms with Crippen molar-refractivity contribution in [3.63, 3.8) is 0 Å². The van der Waals surface area contributed by atoms with Crippen LogP contribution >= 0.6 is 11.6 Å². The minimum absolute atomic E-state index is 0.00463. The third-order valence-electron chi connectivity index (χ3n) is 7.93. The van der Waals surface area contributed by atoms with Crippen molar-refractivity contribution in [2.24, 2.45) is 0 Å². The van der Waals surface area contributed by atoms with Gasteiger partial charge in [-0.3, -0.25) is 14.4 Å². The lowest BCUT2D eigenvalue weighted by molar-refractivity contribution is -0.132. The van der Waals surface area contributed by atoms with Crippen LogP contribution in [0.4, 0.5) is 10.2 Å². The van der Waals surface area contributed by atoms with E-state index in [0.29, 0.717) is 26.2 Å². The first kappa shape index (κ1) is 29.6. The number of phenolic OH excluding ortho intramolecular Hbond substituents is 1. The number of phenols is 1. The van der Waals surface area contributed by atoms with Crippen molar-refractivity contribution in [2.45, 2.75) is 19.0 Å². The summed E-state index contributed by atoms with van der Waals surface area (Å²) in [5.74, 6) is -1.84. The summed E-state index contributed by atoms with van der Waals surface area (Å²) < 4.78 is 21.3. The van der Waals surface area contributed by atoms with Crippen molar-refractivity contribution in [1.29, 1.82) is 0 Å². The Morgan fingerprint density at radius 3 is 2.69 bits per heavy atom. The van der Waals surface area contributed by atoms with Gasteiger partial charge >= 0.3 is 0 Å². The molecule has 2 atom stereocenters. The highest BCUT2D eigenvalue weighted by Gasteiger charge is 2.42. The van der Waals surface area contributed by atoms with Crippen molar-refractivity contribution >= 4 is 35.1 Å². The van der Waals surface area contributed by atoms with Crippen LogP contribution in [-0.2, 0) is 9.59 Å². The number of amides is 3. The summed E-state index contributed by atoms with van der Waals surface area (Å²) in [4.78, 5) is 53.2. The number of carbonyl (C=O) groups is 3. The van der Waals surface area contributed by atoms with Gasteiger partial charge in [0.2, 0.25) is 11.8 Å². The van der Waals surface area contributed by atoms with Gasteiger partial charge in [-0.15, -0.1) is 0 Å². The number of anilines is 1. The number of likely N-dealkylation sites (N-methyl/N-ethyl adjacent to an activating group) is 1. The molecule has 0 saturated carbocycles. The molecule has 0 bridgehead atoms. The van der Waals surface area contributed by atoms with E-state index in [1.807, 2.05) is 25.9 Å². The molecule has 1 aromatic heterocycles. The summed E-state index contributed by atoms with van der Waals surface area (Å²) in [5.41, 5.74) is -0.283. The summed E-state index contributed by atoms with van der Waals surface area (Å²) in [6.45, 7) is 7.80. The second-order valence-corrected chi connectivity index (χ2v) is 11.4. The van der Waals surface area contributed by atoms with Crippen molar-refractivity contribution in [3.8, 4) is 22.8 Å². The number of benzene rings is 1. The molecule has 2 aromatic rings. The van der Waals surface area contributed by atoms with Crippen molar-refractivity contribution in [3.05, 3.63) is 47.3 Å². The molecule has 0 aliphatic carbocycles. The molecule has 2 saturated heterocycles. The van der Waals surface area contributed by atoms with Gasteiger partial charge in [0, 0.05) is 45.3 Å². The number of pyridine rings is 1. The Hall–Kier alpha value is -3.90. The molecule has 13 heteroatoms. The first-order valence-corrected chi connectivity index (χ1v) is 14.1. The van der Waals surface area contributed by atoms with Crippen LogP contribution in [0.3, 0.4) is 0 Å². The third kappa shape index (κ3) is 5.36. The molecule has 3 aliphatic rings. The van der Waals surface area contributed by atoms with Crippen molar-refractivity contribution < 1.29 is 28.6 Å². The van der Waals surface area contributed by atoms with Gasteiger partial charge in [0.25, 0.3) is 5.91 Å². The van der Waals surface area contributed by atoms with Crippen LogP contribution in [0, 0.1) is 5.82 Å². The number of piperazine rings is 2. The highest BCUT2D eigenvalue weighted by molar-refractivity contribution is 6.35. The minimum Gasteiger partial charge on any atom is -0.507 e. The maximum atomic E-state index is 15.1. The second-order valence-electron chi connectivity index (χ2n) is 11.0. The van der Waals surface area contributed by atoms with Gasteiger partial charge in [-0.1, -0.05) is 24.2 Å². The van der Waals surface area contributed by atoms with Gasteiger partial charge in [-0.25, -0.2) is 9.37 Å². The van der Waals surface area contributed by atoms with Crippen LogP contribution in [0.1, 0.15) is 17.3 Å². The van der Waals surface area contributed by atoms with E-state index < -0.39 is 17.8 Å². The molecule has 0 unspecified atom stereocenters. The Bertz CT molecular complexity index is 1420. The number of hydrogen-bond donors (Lipinski definition) is 1. The fourth-order valence-corrected chi connectivity index (χ4v) is 5.92. The summed E-state index contributed by atoms with van der Waals surface area (Å²) >= 11 is 6.80. The Balaban J connectivity index is 1.62. The minimum atomic E-state index is -0.760. The number of hydrogen-bond acceptors (Lipinski definition) is 8. The standard InChI is InChI=1S/C29H34ClFN6O5/c1-5-21(39)35-11-12-36-18(14-35)16-42-27-24(29(36)41)28(32-26(25(27)30)23-19(31)7-6-8-20(23)38)37-15-22(40)34(13-17(37)2)10-9-33(3)4/h5-8,17-18,38H,1,9-16H2,2-4H3/t17-,18+/m0/s1. The fraction of sp³-hybridized carbons (Fsp3) is 0.448. The number of rotatable bonds is 6. The average molecular weight is 601 g/mol. The molecule has 4 heterocycles. The molecular formula is C29H34ClFN6O5. The Morgan fingerprint density at radius 2 is 2.00 bits per heavy atom. The number of nitrogens with zero attached hydrogens (tertiary/aromatic N) is 6. The van der Waals surface area contributed by atoms with Crippen LogP contribution in [0.25, 0.3) is 11.3 Å². The number of fused-ring (bicyclic) bond motifs is 2. The Morgan fingerprint density at radius 1 is 1.24 bits per heavy atom. The van der Waals surface area contributed by atoms with Gasteiger partial charge in [0.05, 0.1) is 18.2 Å². The number of aromatic hydroxyl groups is 1. The number of aromatic nitrogens is 1. The molecule has 0 spiro atoms. The molecule has 11 nitrogen and oxygen atoms in total. The normalized spacial score (nSPS) is 20.7. The van der Waals surface area contributed by atoms with Gasteiger partial charge in [-0.05, 0) is 39.2 Å². The van der Waals surface area contributed by atoms with E-state index in [0.717, 1.165) is 0 Å². The average Bonchev–Trinajstić information content (AvgIpc) is 3.10. The zero-order valence-corrected chi connectivity index (χ0v) is 24.6. The molecule has 3 aliphatic heterocycles. The maximum Gasteiger partial charge on any atom is 0.261 e. The molecule has 224 valence electrons. The monoisotopic (exact) mass is 600 g/mol. The van der Waals surface area contributed by atoms with E-state index in [4.69, 9.17) is 16.3 Å². The van der Waals surface area contributed by atoms with E-state index in [-0.39, 0.29) is 83.3 Å². The van der Waals surface area contributed by atoms with Crippen LogP contribution in [0.15, 0.2) is 30.9 Å². The molecular weight excluding hydrogens is 567 g/mol. The Labute approximate surface area is 248 Å². The first-order valence-electron chi connectivity index (χ1n) is 13.8. The van der Waals surface area contributed by atoms with Crippen molar-refractivity contribution in [2.75, 3.05) is 71.4 Å². The van der Waals surface area contributed by atoms with Gasteiger partial charge in [0.15, 0.2) is 5.75 Å². The summed E-state index contributed by atoms with van der Waals surface area (Å²) in [7, 11) is 3.87. The van der Waals surface area contributed by atoms with Gasteiger partial charge in [-0.2, -0.15) is 0 Å². The lowest BCUT2D eigenvalue weighted by atomic mass is 10.0. The first-order chi connectivity index (χ1) is 20.0. The van der Waals surface area contributed by atoms with E-state index in [2.05, 4.69) is 11.6 Å². The van der Waals surface area contributed by atoms with E-state index >= 15 is 4.39 Å². The number of carbonyl (C=O) groups excluding carboxylic acids is 3. The summed E-state index contributed by atoms with van der Waals surface area (Å²) in [5, 5.41) is 10.5. The van der Waals surface area contributed by atoms with Crippen LogP contribution in [-0.4, -0.2) is 126 Å². The SMILES string of the molecule is C=CC(=O)N1CCN2C(=O)c3c(N4CC(=O)N(CCN(C)C)C[C@@H]4C)nc(-c4c(O)cccc4F)c(Cl)c3OC[C@H]2C1. The molecule has 0 radical (unpaired) electrons. The number of halogens is 2. The predicted molar refractivity (Wildman–Crippen MR) is 155 cm³/mol. The predicted octanol–water partition coefficient (Wildman–Crippen LogP) is 2.08. The second kappa shape index (κ2) is 11.8. The van der Waals surface area contributed by atoms with Crippen LogP contribution in [0.2, 0.25) is 5.02 Å².